The largest absolute Gasteiger partial charge is 0.492 e. The van der Waals surface area contributed by atoms with Gasteiger partial charge in [-0.25, -0.2) is 9.97 Å². The smallest absolute Gasteiger partial charge is 0.274 e. The number of para-hydroxylation sites is 2. The zero-order valence-corrected chi connectivity index (χ0v) is 15.4. The van der Waals surface area contributed by atoms with Crippen LogP contribution in [0.15, 0.2) is 30.3 Å². The van der Waals surface area contributed by atoms with Crippen LogP contribution in [0.1, 0.15) is 55.3 Å². The second-order valence-corrected chi connectivity index (χ2v) is 6.55. The third-order valence-corrected chi connectivity index (χ3v) is 4.46. The molecule has 1 aliphatic carbocycles. The van der Waals surface area contributed by atoms with Gasteiger partial charge in [-0.05, 0) is 38.8 Å². The number of ether oxygens (including phenoxy) is 1. The van der Waals surface area contributed by atoms with Gasteiger partial charge < -0.3 is 15.4 Å². The van der Waals surface area contributed by atoms with Crippen LogP contribution in [0, 0.1) is 6.92 Å². The van der Waals surface area contributed by atoms with Gasteiger partial charge >= 0.3 is 0 Å². The van der Waals surface area contributed by atoms with Crippen molar-refractivity contribution in [2.75, 3.05) is 17.2 Å². The van der Waals surface area contributed by atoms with Crippen LogP contribution in [0.4, 0.5) is 11.5 Å². The minimum absolute atomic E-state index is 0.269. The van der Waals surface area contributed by atoms with E-state index in [0.29, 0.717) is 41.4 Å². The highest BCUT2D eigenvalue weighted by Gasteiger charge is 2.17. The van der Waals surface area contributed by atoms with Crippen molar-refractivity contribution in [1.82, 2.24) is 9.97 Å². The lowest BCUT2D eigenvalue weighted by molar-refractivity contribution is 0.102. The number of rotatable bonds is 6. The van der Waals surface area contributed by atoms with Crippen LogP contribution in [0.2, 0.25) is 0 Å². The standard InChI is InChI=1S/C20H26N4O2/c1-3-26-18-12-8-7-11-16(18)24-20(25)17-13-19(22-14(2)21-17)23-15-9-5-4-6-10-15/h7-8,11-13,15H,3-6,9-10H2,1-2H3,(H,24,25)(H,21,22,23). The Labute approximate surface area is 154 Å². The number of amides is 1. The lowest BCUT2D eigenvalue weighted by Crippen LogP contribution is -2.24. The molecule has 1 amide bonds. The van der Waals surface area contributed by atoms with Gasteiger partial charge in [0.05, 0.1) is 12.3 Å². The van der Waals surface area contributed by atoms with E-state index < -0.39 is 0 Å². The van der Waals surface area contributed by atoms with Crippen LogP contribution in [0.3, 0.4) is 0 Å². The third kappa shape index (κ3) is 4.71. The Balaban J connectivity index is 1.74. The fraction of sp³-hybridized carbons (Fsp3) is 0.450. The number of aromatic nitrogens is 2. The molecule has 1 fully saturated rings. The SMILES string of the molecule is CCOc1ccccc1NC(=O)c1cc(NC2CCCCC2)nc(C)n1. The summed E-state index contributed by atoms with van der Waals surface area (Å²) in [5.74, 6) is 1.67. The summed E-state index contributed by atoms with van der Waals surface area (Å²) in [6, 6.07) is 9.53. The van der Waals surface area contributed by atoms with E-state index in [9.17, 15) is 4.79 Å². The minimum atomic E-state index is -0.269. The molecular formula is C20H26N4O2. The summed E-state index contributed by atoms with van der Waals surface area (Å²) in [6.45, 7) is 4.25. The Morgan fingerprint density at radius 3 is 2.73 bits per heavy atom. The average molecular weight is 354 g/mol. The molecule has 1 heterocycles. The molecule has 0 radical (unpaired) electrons. The lowest BCUT2D eigenvalue weighted by Gasteiger charge is -2.23. The van der Waals surface area contributed by atoms with Gasteiger partial charge in [-0.2, -0.15) is 0 Å². The van der Waals surface area contributed by atoms with Crippen molar-refractivity contribution in [3.8, 4) is 5.75 Å². The second kappa shape index (κ2) is 8.65. The molecule has 2 aromatic rings. The van der Waals surface area contributed by atoms with Crippen molar-refractivity contribution in [1.29, 1.82) is 0 Å². The topological polar surface area (TPSA) is 76.1 Å². The van der Waals surface area contributed by atoms with E-state index in [1.54, 1.807) is 13.0 Å². The Kier molecular flexibility index (Phi) is 6.04. The van der Waals surface area contributed by atoms with Gasteiger partial charge in [-0.1, -0.05) is 31.4 Å². The zero-order chi connectivity index (χ0) is 18.4. The maximum atomic E-state index is 12.7. The van der Waals surface area contributed by atoms with E-state index in [1.807, 2.05) is 31.2 Å². The Hall–Kier alpha value is -2.63. The van der Waals surface area contributed by atoms with Crippen molar-refractivity contribution in [2.45, 2.75) is 52.0 Å². The highest BCUT2D eigenvalue weighted by molar-refractivity contribution is 6.04. The monoisotopic (exact) mass is 354 g/mol. The van der Waals surface area contributed by atoms with E-state index >= 15 is 0 Å². The number of hydrogen-bond acceptors (Lipinski definition) is 5. The second-order valence-electron chi connectivity index (χ2n) is 6.55. The molecule has 0 saturated heterocycles. The molecule has 138 valence electrons. The first kappa shape index (κ1) is 18.2. The molecule has 2 N–H and O–H groups in total. The minimum Gasteiger partial charge on any atom is -0.492 e. The van der Waals surface area contributed by atoms with Crippen LogP contribution in [0.5, 0.6) is 5.75 Å². The molecule has 0 unspecified atom stereocenters. The first-order chi connectivity index (χ1) is 12.7. The Morgan fingerprint density at radius 2 is 1.96 bits per heavy atom. The Morgan fingerprint density at radius 1 is 1.19 bits per heavy atom. The number of carbonyl (C=O) groups is 1. The molecular weight excluding hydrogens is 328 g/mol. The summed E-state index contributed by atoms with van der Waals surface area (Å²) in [4.78, 5) is 21.4. The molecule has 1 aromatic heterocycles. The van der Waals surface area contributed by atoms with Gasteiger partial charge in [0.25, 0.3) is 5.91 Å². The maximum absolute atomic E-state index is 12.7. The fourth-order valence-electron chi connectivity index (χ4n) is 3.25. The summed E-state index contributed by atoms with van der Waals surface area (Å²) < 4.78 is 5.56. The predicted octanol–water partition coefficient (Wildman–Crippen LogP) is 4.18. The number of nitrogens with zero attached hydrogens (tertiary/aromatic N) is 2. The molecule has 1 aliphatic rings. The normalized spacial score (nSPS) is 14.7. The molecule has 0 aliphatic heterocycles. The Bertz CT molecular complexity index is 757. The van der Waals surface area contributed by atoms with Crippen molar-refractivity contribution >= 4 is 17.4 Å². The molecule has 3 rings (SSSR count). The zero-order valence-electron chi connectivity index (χ0n) is 15.4. The molecule has 0 atom stereocenters. The van der Waals surface area contributed by atoms with E-state index in [2.05, 4.69) is 20.6 Å². The van der Waals surface area contributed by atoms with Crippen LogP contribution in [0.25, 0.3) is 0 Å². The van der Waals surface area contributed by atoms with E-state index in [4.69, 9.17) is 4.74 Å². The summed E-state index contributed by atoms with van der Waals surface area (Å²) in [5.41, 5.74) is 0.986. The summed E-state index contributed by atoms with van der Waals surface area (Å²) >= 11 is 0. The molecule has 6 heteroatoms. The van der Waals surface area contributed by atoms with E-state index in [1.165, 1.54) is 19.3 Å². The van der Waals surface area contributed by atoms with Crippen LogP contribution >= 0.6 is 0 Å². The van der Waals surface area contributed by atoms with Crippen molar-refractivity contribution in [2.24, 2.45) is 0 Å². The van der Waals surface area contributed by atoms with Gasteiger partial charge in [0.15, 0.2) is 0 Å². The summed E-state index contributed by atoms with van der Waals surface area (Å²) in [7, 11) is 0. The van der Waals surface area contributed by atoms with Gasteiger partial charge in [0.1, 0.15) is 23.1 Å². The summed E-state index contributed by atoms with van der Waals surface area (Å²) in [5, 5.41) is 6.34. The number of anilines is 2. The fourth-order valence-corrected chi connectivity index (χ4v) is 3.25. The molecule has 26 heavy (non-hydrogen) atoms. The average Bonchev–Trinajstić information content (AvgIpc) is 2.64. The number of benzene rings is 1. The van der Waals surface area contributed by atoms with Crippen LogP contribution in [-0.4, -0.2) is 28.5 Å². The molecule has 0 spiro atoms. The lowest BCUT2D eigenvalue weighted by atomic mass is 9.95. The molecule has 6 nitrogen and oxygen atoms in total. The van der Waals surface area contributed by atoms with Crippen molar-refractivity contribution in [3.63, 3.8) is 0 Å². The number of carbonyl (C=O) groups excluding carboxylic acids is 1. The van der Waals surface area contributed by atoms with E-state index in [0.717, 1.165) is 12.8 Å². The first-order valence-corrected chi connectivity index (χ1v) is 9.31. The summed E-state index contributed by atoms with van der Waals surface area (Å²) in [6.07, 6.45) is 6.07. The van der Waals surface area contributed by atoms with Gasteiger partial charge in [-0.15, -0.1) is 0 Å². The van der Waals surface area contributed by atoms with Crippen LogP contribution in [-0.2, 0) is 0 Å². The number of nitrogens with one attached hydrogen (secondary N) is 2. The number of aryl methyl sites for hydroxylation is 1. The number of hydrogen-bond donors (Lipinski definition) is 2. The molecule has 1 aromatic carbocycles. The molecule has 0 bridgehead atoms. The highest BCUT2D eigenvalue weighted by atomic mass is 16.5. The maximum Gasteiger partial charge on any atom is 0.274 e. The van der Waals surface area contributed by atoms with Crippen molar-refractivity contribution in [3.05, 3.63) is 41.9 Å². The highest BCUT2D eigenvalue weighted by Crippen LogP contribution is 2.25. The quantitative estimate of drug-likeness (QED) is 0.814. The predicted molar refractivity (Wildman–Crippen MR) is 103 cm³/mol. The van der Waals surface area contributed by atoms with Gasteiger partial charge in [0.2, 0.25) is 0 Å². The van der Waals surface area contributed by atoms with Crippen LogP contribution < -0.4 is 15.4 Å². The third-order valence-electron chi connectivity index (χ3n) is 4.46. The van der Waals surface area contributed by atoms with Crippen molar-refractivity contribution < 1.29 is 9.53 Å². The van der Waals surface area contributed by atoms with Gasteiger partial charge in [-0.3, -0.25) is 4.79 Å². The van der Waals surface area contributed by atoms with E-state index in [-0.39, 0.29) is 5.91 Å². The van der Waals surface area contributed by atoms with Gasteiger partial charge in [0, 0.05) is 12.1 Å². The first-order valence-electron chi connectivity index (χ1n) is 9.31. The molecule has 1 saturated carbocycles.